The Balaban J connectivity index is 2.17. The Labute approximate surface area is 107 Å². The molecule has 10 heteroatoms. The molecule has 0 spiro atoms. The summed E-state index contributed by atoms with van der Waals surface area (Å²) >= 11 is 1.17. The van der Waals surface area contributed by atoms with Crippen LogP contribution in [0.1, 0.15) is 25.7 Å². The molecule has 4 N–H and O–H groups in total. The fourth-order valence-electron chi connectivity index (χ4n) is 2.84. The molecule has 2 saturated carbocycles. The van der Waals surface area contributed by atoms with Gasteiger partial charge in [-0.1, -0.05) is 0 Å². The second-order valence-electron chi connectivity index (χ2n) is 4.58. The highest BCUT2D eigenvalue weighted by molar-refractivity contribution is 8.57. The second kappa shape index (κ2) is 4.53. The van der Waals surface area contributed by atoms with Crippen LogP contribution in [-0.4, -0.2) is 29.6 Å². The summed E-state index contributed by atoms with van der Waals surface area (Å²) in [6.45, 7) is -8.43. The number of hydrogen-bond acceptors (Lipinski definition) is 4. The predicted molar refractivity (Wildman–Crippen MR) is 67.7 cm³/mol. The van der Waals surface area contributed by atoms with Gasteiger partial charge in [-0.15, -0.1) is 0 Å². The number of fused-ring (bicyclic) bond motifs is 2. The molecule has 100 valence electrons. The SMILES string of the molecule is O=P(O)(O)SC1CC2CCC1(SP(=O)(O)O)C2. The van der Waals surface area contributed by atoms with Gasteiger partial charge in [0.05, 0.1) is 0 Å². The molecule has 17 heavy (non-hydrogen) atoms. The largest absolute Gasteiger partial charge is 0.384 e. The zero-order valence-corrected chi connectivity index (χ0v) is 12.2. The smallest absolute Gasteiger partial charge is 0.317 e. The summed E-state index contributed by atoms with van der Waals surface area (Å²) in [6.07, 6.45) is 2.82. The highest BCUT2D eigenvalue weighted by Crippen LogP contribution is 2.72. The Kier molecular flexibility index (Phi) is 3.84. The van der Waals surface area contributed by atoms with Crippen molar-refractivity contribution in [1.29, 1.82) is 0 Å². The topological polar surface area (TPSA) is 115 Å². The first kappa shape index (κ1) is 14.4. The van der Waals surface area contributed by atoms with E-state index >= 15 is 0 Å². The summed E-state index contributed by atoms with van der Waals surface area (Å²) < 4.78 is 21.5. The highest BCUT2D eigenvalue weighted by atomic mass is 32.7. The molecule has 0 radical (unpaired) electrons. The van der Waals surface area contributed by atoms with E-state index in [1.807, 2.05) is 0 Å². The van der Waals surface area contributed by atoms with E-state index in [1.165, 1.54) is 0 Å². The van der Waals surface area contributed by atoms with E-state index in [4.69, 9.17) is 19.6 Å². The third kappa shape index (κ3) is 3.51. The summed E-state index contributed by atoms with van der Waals surface area (Å²) in [7, 11) is 0. The molecule has 6 nitrogen and oxygen atoms in total. The lowest BCUT2D eigenvalue weighted by Gasteiger charge is -2.33. The van der Waals surface area contributed by atoms with Crippen molar-refractivity contribution >= 4 is 36.4 Å². The van der Waals surface area contributed by atoms with Crippen molar-refractivity contribution in [2.45, 2.75) is 35.7 Å². The van der Waals surface area contributed by atoms with Crippen LogP contribution >= 0.6 is 36.4 Å². The predicted octanol–water partition coefficient (Wildman–Crippen LogP) is 1.95. The average Bonchev–Trinajstić information content (AvgIpc) is 2.54. The quantitative estimate of drug-likeness (QED) is 0.581. The molecule has 0 aliphatic heterocycles. The van der Waals surface area contributed by atoms with Crippen LogP contribution in [0.2, 0.25) is 0 Å². The van der Waals surface area contributed by atoms with E-state index in [0.717, 1.165) is 6.42 Å². The Bertz CT molecular complexity index is 405. The van der Waals surface area contributed by atoms with Crippen LogP contribution in [0.5, 0.6) is 0 Å². The van der Waals surface area contributed by atoms with Gasteiger partial charge in [0, 0.05) is 10.00 Å². The van der Waals surface area contributed by atoms with Crippen molar-refractivity contribution in [2.75, 3.05) is 0 Å². The van der Waals surface area contributed by atoms with E-state index in [2.05, 4.69) is 0 Å². The fourth-order valence-corrected chi connectivity index (χ4v) is 10.0. The molecule has 3 atom stereocenters. The van der Waals surface area contributed by atoms with Crippen molar-refractivity contribution in [3.05, 3.63) is 0 Å². The molecule has 2 aliphatic carbocycles. The summed E-state index contributed by atoms with van der Waals surface area (Å²) in [6, 6.07) is 0. The first-order valence-corrected chi connectivity index (χ1v) is 11.2. The molecule has 0 amide bonds. The summed E-state index contributed by atoms with van der Waals surface area (Å²) in [5, 5.41) is -0.361. The maximum atomic E-state index is 11.1. The van der Waals surface area contributed by atoms with E-state index in [0.29, 0.717) is 47.9 Å². The van der Waals surface area contributed by atoms with Crippen LogP contribution < -0.4 is 0 Å². The molecular formula is C7H14O6P2S2. The molecule has 0 heterocycles. The van der Waals surface area contributed by atoms with Crippen LogP contribution in [0.4, 0.5) is 0 Å². The molecule has 3 unspecified atom stereocenters. The first-order valence-electron chi connectivity index (χ1n) is 5.10. The molecule has 0 aromatic carbocycles. The van der Waals surface area contributed by atoms with Gasteiger partial charge < -0.3 is 19.6 Å². The van der Waals surface area contributed by atoms with Gasteiger partial charge in [0.15, 0.2) is 0 Å². The average molecular weight is 320 g/mol. The third-order valence-corrected chi connectivity index (χ3v) is 9.28. The van der Waals surface area contributed by atoms with Crippen LogP contribution in [0.3, 0.4) is 0 Å². The second-order valence-corrected chi connectivity index (χ2v) is 12.3. The molecule has 0 aromatic rings. The van der Waals surface area contributed by atoms with Gasteiger partial charge in [-0.3, -0.25) is 0 Å². The van der Waals surface area contributed by atoms with E-state index in [-0.39, 0.29) is 5.25 Å². The Morgan fingerprint density at radius 3 is 2.24 bits per heavy atom. The van der Waals surface area contributed by atoms with E-state index < -0.39 is 18.3 Å². The van der Waals surface area contributed by atoms with Crippen LogP contribution in [-0.2, 0) is 9.13 Å². The zero-order chi connectivity index (χ0) is 12.9. The van der Waals surface area contributed by atoms with Gasteiger partial charge in [0.1, 0.15) is 0 Å². The van der Waals surface area contributed by atoms with Crippen molar-refractivity contribution in [3.63, 3.8) is 0 Å². The summed E-state index contributed by atoms with van der Waals surface area (Å²) in [4.78, 5) is 36.1. The molecular weight excluding hydrogens is 306 g/mol. The van der Waals surface area contributed by atoms with Gasteiger partial charge in [-0.25, -0.2) is 9.13 Å². The molecule has 2 rings (SSSR count). The van der Waals surface area contributed by atoms with Gasteiger partial charge >= 0.3 is 13.6 Å². The first-order chi connectivity index (χ1) is 7.60. The van der Waals surface area contributed by atoms with Gasteiger partial charge in [-0.2, -0.15) is 0 Å². The molecule has 2 fully saturated rings. The zero-order valence-electron chi connectivity index (χ0n) is 8.80. The lowest BCUT2D eigenvalue weighted by molar-refractivity contribution is 0.392. The van der Waals surface area contributed by atoms with E-state index in [9.17, 15) is 9.13 Å². The minimum atomic E-state index is -4.22. The van der Waals surface area contributed by atoms with Gasteiger partial charge in [0.25, 0.3) is 0 Å². The van der Waals surface area contributed by atoms with Crippen molar-refractivity contribution in [3.8, 4) is 0 Å². The number of rotatable bonds is 4. The minimum absolute atomic E-state index is 0.345. The van der Waals surface area contributed by atoms with Crippen molar-refractivity contribution in [1.82, 2.24) is 0 Å². The normalized spacial score (nSPS) is 37.6. The lowest BCUT2D eigenvalue weighted by Crippen LogP contribution is -2.30. The lowest BCUT2D eigenvalue weighted by atomic mass is 10.00. The maximum absolute atomic E-state index is 11.1. The molecule has 0 aromatic heterocycles. The number of hydrogen-bond donors (Lipinski definition) is 4. The van der Waals surface area contributed by atoms with Gasteiger partial charge in [-0.05, 0) is 54.4 Å². The standard InChI is InChI=1S/C7H14O6P2S2/c8-14(9,10)16-6-3-5-1-2-7(6,4-5)17-15(11,12)13/h5-6H,1-4H2,(H2,8,9,10)(H2,11,12,13). The van der Waals surface area contributed by atoms with Crippen molar-refractivity contribution in [2.24, 2.45) is 5.92 Å². The summed E-state index contributed by atoms with van der Waals surface area (Å²) in [5.41, 5.74) is 0. The molecule has 2 bridgehead atoms. The van der Waals surface area contributed by atoms with Gasteiger partial charge in [0.2, 0.25) is 0 Å². The van der Waals surface area contributed by atoms with Crippen molar-refractivity contribution < 1.29 is 28.7 Å². The Morgan fingerprint density at radius 2 is 1.76 bits per heavy atom. The van der Waals surface area contributed by atoms with Crippen LogP contribution in [0.15, 0.2) is 0 Å². The molecule has 0 saturated heterocycles. The fraction of sp³-hybridized carbons (Fsp3) is 1.00. The van der Waals surface area contributed by atoms with Crippen LogP contribution in [0.25, 0.3) is 0 Å². The maximum Gasteiger partial charge on any atom is 0.384 e. The minimum Gasteiger partial charge on any atom is -0.317 e. The van der Waals surface area contributed by atoms with E-state index in [1.54, 1.807) is 0 Å². The van der Waals surface area contributed by atoms with Crippen LogP contribution in [0, 0.1) is 5.92 Å². The molecule has 2 aliphatic rings. The summed E-state index contributed by atoms with van der Waals surface area (Å²) in [5.74, 6) is 0.345. The monoisotopic (exact) mass is 320 g/mol. The third-order valence-electron chi connectivity index (χ3n) is 3.31. The Morgan fingerprint density at radius 1 is 1.12 bits per heavy atom. The Hall–Kier alpha value is 1.000. The highest BCUT2D eigenvalue weighted by Gasteiger charge is 2.57.